The highest BCUT2D eigenvalue weighted by Gasteiger charge is 2.36. The smallest absolute Gasteiger partial charge is 0.306 e. The van der Waals surface area contributed by atoms with Crippen molar-refractivity contribution >= 4 is 24.3 Å². The van der Waals surface area contributed by atoms with Crippen molar-refractivity contribution in [2.45, 2.75) is 50.4 Å². The summed E-state index contributed by atoms with van der Waals surface area (Å²) < 4.78 is 14.9. The third-order valence-electron chi connectivity index (χ3n) is 4.69. The number of benzene rings is 1. The van der Waals surface area contributed by atoms with Crippen LogP contribution < -0.4 is 9.47 Å². The number of hydrogen-bond donors (Lipinski definition) is 1. The van der Waals surface area contributed by atoms with Crippen molar-refractivity contribution in [1.82, 2.24) is 0 Å². The molecule has 0 N–H and O–H groups in total. The van der Waals surface area contributed by atoms with Crippen LogP contribution in [0.5, 0.6) is 11.5 Å². The summed E-state index contributed by atoms with van der Waals surface area (Å²) >= 11 is 4.61. The summed E-state index contributed by atoms with van der Waals surface area (Å²) in [6.45, 7) is 4.35. The van der Waals surface area contributed by atoms with Crippen molar-refractivity contribution in [3.8, 4) is 17.6 Å². The number of aliphatic imine (C=N–C) groups is 1. The minimum absolute atomic E-state index is 0.100. The van der Waals surface area contributed by atoms with Crippen LogP contribution >= 0.6 is 12.6 Å². The Morgan fingerprint density at radius 3 is 2.63 bits per heavy atom. The first-order chi connectivity index (χ1) is 12.9. The third kappa shape index (κ3) is 4.75. The molecule has 2 rings (SSSR count). The van der Waals surface area contributed by atoms with E-state index in [0.717, 1.165) is 24.0 Å². The lowest BCUT2D eigenvalue weighted by Gasteiger charge is -2.28. The summed E-state index contributed by atoms with van der Waals surface area (Å²) in [5.74, 6) is 0.869. The summed E-state index contributed by atoms with van der Waals surface area (Å²) in [4.78, 5) is 16.6. The van der Waals surface area contributed by atoms with E-state index in [1.54, 1.807) is 14.2 Å². The largest absolute Gasteiger partial charge is 0.493 e. The Balaban J connectivity index is 2.29. The molecular weight excluding hydrogens is 364 g/mol. The molecule has 1 aromatic carbocycles. The number of thiol groups is 1. The van der Waals surface area contributed by atoms with Gasteiger partial charge in [0.2, 0.25) is 0 Å². The summed E-state index contributed by atoms with van der Waals surface area (Å²) in [5.41, 5.74) is 2.39. The van der Waals surface area contributed by atoms with Gasteiger partial charge in [-0.2, -0.15) is 17.9 Å². The fourth-order valence-corrected chi connectivity index (χ4v) is 3.26. The molecule has 0 aliphatic carbocycles. The molecule has 0 aromatic heterocycles. The molecule has 146 valence electrons. The van der Waals surface area contributed by atoms with Gasteiger partial charge in [-0.25, -0.2) is 0 Å². The minimum Gasteiger partial charge on any atom is -0.493 e. The van der Waals surface area contributed by atoms with Gasteiger partial charge in [0.15, 0.2) is 11.5 Å². The Morgan fingerprint density at radius 2 is 2.04 bits per heavy atom. The molecule has 1 heterocycles. The van der Waals surface area contributed by atoms with Gasteiger partial charge in [0.05, 0.1) is 32.1 Å². The number of nitrogens with zero attached hydrogens (tertiary/aromatic N) is 2. The van der Waals surface area contributed by atoms with Gasteiger partial charge in [-0.1, -0.05) is 6.92 Å². The van der Waals surface area contributed by atoms with E-state index in [1.165, 1.54) is 0 Å². The van der Waals surface area contributed by atoms with Gasteiger partial charge in [-0.15, -0.1) is 0 Å². The van der Waals surface area contributed by atoms with Gasteiger partial charge in [-0.05, 0) is 43.9 Å². The molecule has 0 spiro atoms. The molecule has 0 fully saturated rings. The second-order valence-corrected chi connectivity index (χ2v) is 7.29. The second kappa shape index (κ2) is 9.14. The highest BCUT2D eigenvalue weighted by atomic mass is 32.1. The van der Waals surface area contributed by atoms with E-state index >= 15 is 0 Å². The van der Waals surface area contributed by atoms with E-state index in [1.807, 2.05) is 26.0 Å². The van der Waals surface area contributed by atoms with Crippen molar-refractivity contribution < 1.29 is 19.0 Å². The van der Waals surface area contributed by atoms with Crippen molar-refractivity contribution in [1.29, 1.82) is 5.26 Å². The van der Waals surface area contributed by atoms with Gasteiger partial charge < -0.3 is 14.2 Å². The van der Waals surface area contributed by atoms with Gasteiger partial charge in [0.1, 0.15) is 4.75 Å². The van der Waals surface area contributed by atoms with Gasteiger partial charge >= 0.3 is 5.97 Å². The lowest BCUT2D eigenvalue weighted by atomic mass is 9.87. The number of fused-ring (bicyclic) bond motifs is 1. The van der Waals surface area contributed by atoms with E-state index in [9.17, 15) is 10.1 Å². The van der Waals surface area contributed by atoms with Crippen LogP contribution in [0, 0.1) is 11.3 Å². The normalized spacial score (nSPS) is 16.2. The van der Waals surface area contributed by atoms with Crippen LogP contribution in [0.1, 0.15) is 44.2 Å². The topological polar surface area (TPSA) is 80.9 Å². The van der Waals surface area contributed by atoms with Gasteiger partial charge in [0, 0.05) is 18.5 Å². The molecule has 1 aliphatic rings. The minimum atomic E-state index is -1.19. The highest BCUT2D eigenvalue weighted by Crippen LogP contribution is 2.37. The van der Waals surface area contributed by atoms with Gasteiger partial charge in [-0.3, -0.25) is 9.79 Å². The predicted octanol–water partition coefficient (Wildman–Crippen LogP) is 3.36. The van der Waals surface area contributed by atoms with Crippen molar-refractivity contribution in [2.75, 3.05) is 20.8 Å². The second-order valence-electron chi connectivity index (χ2n) is 6.53. The van der Waals surface area contributed by atoms with Crippen molar-refractivity contribution in [2.24, 2.45) is 4.99 Å². The summed E-state index contributed by atoms with van der Waals surface area (Å²) in [6.07, 6.45) is 1.66. The highest BCUT2D eigenvalue weighted by molar-refractivity contribution is 7.83. The lowest BCUT2D eigenvalue weighted by Crippen LogP contribution is -2.35. The van der Waals surface area contributed by atoms with Crippen molar-refractivity contribution in [3.63, 3.8) is 0 Å². The van der Waals surface area contributed by atoms with Crippen LogP contribution in [0.3, 0.4) is 0 Å². The zero-order valence-electron chi connectivity index (χ0n) is 16.2. The quantitative estimate of drug-likeness (QED) is 0.544. The number of carbonyl (C=O) groups is 1. The Bertz CT molecular complexity index is 772. The number of ether oxygens (including phenoxy) is 3. The molecule has 0 saturated heterocycles. The van der Waals surface area contributed by atoms with E-state index in [-0.39, 0.29) is 24.9 Å². The third-order valence-corrected chi connectivity index (χ3v) is 5.23. The molecule has 2 atom stereocenters. The number of esters is 1. The van der Waals surface area contributed by atoms with E-state index in [2.05, 4.69) is 23.7 Å². The summed E-state index contributed by atoms with van der Waals surface area (Å²) in [5, 5.41) is 9.82. The van der Waals surface area contributed by atoms with Gasteiger partial charge in [0.25, 0.3) is 0 Å². The molecular formula is C20H26N2O4S. The van der Waals surface area contributed by atoms with E-state index < -0.39 is 4.75 Å². The Hall–Kier alpha value is -2.20. The van der Waals surface area contributed by atoms with Crippen molar-refractivity contribution in [3.05, 3.63) is 23.3 Å². The van der Waals surface area contributed by atoms with E-state index in [4.69, 9.17) is 14.2 Å². The fourth-order valence-electron chi connectivity index (χ4n) is 2.95. The number of methoxy groups -OCH3 is 2. The fraction of sp³-hybridized carbons (Fsp3) is 0.550. The summed E-state index contributed by atoms with van der Waals surface area (Å²) in [6, 6.07) is 5.97. The Labute approximate surface area is 165 Å². The van der Waals surface area contributed by atoms with Crippen LogP contribution in [-0.4, -0.2) is 43.3 Å². The first kappa shape index (κ1) is 21.1. The number of rotatable bonds is 8. The summed E-state index contributed by atoms with van der Waals surface area (Å²) in [7, 11) is 3.15. The van der Waals surface area contributed by atoms with Crippen LogP contribution in [0.4, 0.5) is 0 Å². The standard InChI is InChI=1S/C20H26N2O4S/c1-5-13(2)26-18(23)6-8-20(27,12-21)19-15-11-17(25-4)16(24-3)10-14(15)7-9-22-19/h10-11,13,27H,5-9H2,1-4H3. The maximum absolute atomic E-state index is 12.0. The average molecular weight is 391 g/mol. The maximum Gasteiger partial charge on any atom is 0.306 e. The number of nitriles is 1. The van der Waals surface area contributed by atoms with Crippen LogP contribution in [0.2, 0.25) is 0 Å². The van der Waals surface area contributed by atoms with Crippen LogP contribution in [-0.2, 0) is 16.0 Å². The number of carbonyl (C=O) groups excluding carboxylic acids is 1. The molecule has 2 unspecified atom stereocenters. The molecule has 0 saturated carbocycles. The Morgan fingerprint density at radius 1 is 1.37 bits per heavy atom. The number of hydrogen-bond acceptors (Lipinski definition) is 7. The van der Waals surface area contributed by atoms with Crippen LogP contribution in [0.25, 0.3) is 0 Å². The Kier molecular flexibility index (Phi) is 7.14. The maximum atomic E-state index is 12.0. The SMILES string of the molecule is CCC(C)OC(=O)CCC(S)(C#N)C1=NCCc2cc(OC)c(OC)cc21. The zero-order chi connectivity index (χ0) is 20.0. The predicted molar refractivity (Wildman–Crippen MR) is 107 cm³/mol. The molecule has 7 heteroatoms. The molecule has 6 nitrogen and oxygen atoms in total. The monoisotopic (exact) mass is 390 g/mol. The zero-order valence-corrected chi connectivity index (χ0v) is 17.1. The average Bonchev–Trinajstić information content (AvgIpc) is 2.70. The molecule has 1 aliphatic heterocycles. The molecule has 0 radical (unpaired) electrons. The molecule has 27 heavy (non-hydrogen) atoms. The lowest BCUT2D eigenvalue weighted by molar-refractivity contribution is -0.148. The first-order valence-electron chi connectivity index (χ1n) is 9.01. The van der Waals surface area contributed by atoms with E-state index in [0.29, 0.717) is 23.8 Å². The first-order valence-corrected chi connectivity index (χ1v) is 9.46. The molecule has 0 amide bonds. The molecule has 1 aromatic rings. The molecule has 0 bridgehead atoms. The van der Waals surface area contributed by atoms with Crippen LogP contribution in [0.15, 0.2) is 17.1 Å².